The summed E-state index contributed by atoms with van der Waals surface area (Å²) >= 11 is 0. The van der Waals surface area contributed by atoms with Crippen LogP contribution in [0.4, 0.5) is 4.39 Å². The number of nitrogens with one attached hydrogen (secondary N) is 2. The molecule has 1 aromatic carbocycles. The summed E-state index contributed by atoms with van der Waals surface area (Å²) in [4.78, 5) is 22.7. The number of halogens is 1. The Kier molecular flexibility index (Phi) is 3.53. The first kappa shape index (κ1) is 13.2. The zero-order chi connectivity index (χ0) is 14.1. The molecule has 2 aliphatic rings. The quantitative estimate of drug-likeness (QED) is 0.822. The van der Waals surface area contributed by atoms with E-state index in [9.17, 15) is 14.0 Å². The van der Waals surface area contributed by atoms with Crippen LogP contribution in [0.25, 0.3) is 0 Å². The SMILES string of the molecule is O=C1CCC(NC2CC(c3cccc(F)c3)C2)C(=O)N1. The van der Waals surface area contributed by atoms with Crippen LogP contribution in [0.1, 0.15) is 37.2 Å². The third-order valence-electron chi connectivity index (χ3n) is 4.13. The zero-order valence-corrected chi connectivity index (χ0v) is 11.1. The van der Waals surface area contributed by atoms with E-state index in [0.29, 0.717) is 18.8 Å². The van der Waals surface area contributed by atoms with Gasteiger partial charge in [0.15, 0.2) is 0 Å². The summed E-state index contributed by atoms with van der Waals surface area (Å²) in [7, 11) is 0. The molecule has 0 aromatic heterocycles. The third-order valence-corrected chi connectivity index (χ3v) is 4.13. The number of benzene rings is 1. The van der Waals surface area contributed by atoms with Gasteiger partial charge in [-0.05, 0) is 42.9 Å². The fraction of sp³-hybridized carbons (Fsp3) is 0.467. The largest absolute Gasteiger partial charge is 0.303 e. The average Bonchev–Trinajstić information content (AvgIpc) is 2.35. The van der Waals surface area contributed by atoms with Crippen molar-refractivity contribution in [1.29, 1.82) is 0 Å². The van der Waals surface area contributed by atoms with Gasteiger partial charge in [-0.3, -0.25) is 14.9 Å². The topological polar surface area (TPSA) is 58.2 Å². The fourth-order valence-electron chi connectivity index (χ4n) is 2.92. The molecule has 20 heavy (non-hydrogen) atoms. The minimum Gasteiger partial charge on any atom is -0.303 e. The molecule has 3 rings (SSSR count). The highest BCUT2D eigenvalue weighted by molar-refractivity contribution is 6.00. The van der Waals surface area contributed by atoms with E-state index in [1.807, 2.05) is 6.07 Å². The van der Waals surface area contributed by atoms with E-state index < -0.39 is 0 Å². The standard InChI is InChI=1S/C15H17FN2O2/c16-11-3-1-2-9(6-11)10-7-12(8-10)17-13-4-5-14(19)18-15(13)20/h1-3,6,10,12-13,17H,4-5,7-8H2,(H,18,19,20). The number of amides is 2. The van der Waals surface area contributed by atoms with Crippen molar-refractivity contribution in [3.8, 4) is 0 Å². The molecule has 0 bridgehead atoms. The highest BCUT2D eigenvalue weighted by atomic mass is 19.1. The van der Waals surface area contributed by atoms with Crippen molar-refractivity contribution < 1.29 is 14.0 Å². The normalized spacial score (nSPS) is 29.8. The second-order valence-electron chi connectivity index (χ2n) is 5.59. The van der Waals surface area contributed by atoms with Crippen LogP contribution in [0.3, 0.4) is 0 Å². The number of piperidine rings is 1. The number of hydrogen-bond donors (Lipinski definition) is 2. The van der Waals surface area contributed by atoms with E-state index in [2.05, 4.69) is 10.6 Å². The minimum atomic E-state index is -0.272. The van der Waals surface area contributed by atoms with Gasteiger partial charge in [-0.1, -0.05) is 12.1 Å². The summed E-state index contributed by atoms with van der Waals surface area (Å²) in [6, 6.07) is 6.69. The van der Waals surface area contributed by atoms with Crippen molar-refractivity contribution in [3.05, 3.63) is 35.6 Å². The Morgan fingerprint density at radius 3 is 2.75 bits per heavy atom. The zero-order valence-electron chi connectivity index (χ0n) is 11.1. The number of carbonyl (C=O) groups is 2. The van der Waals surface area contributed by atoms with Crippen molar-refractivity contribution in [2.45, 2.75) is 43.7 Å². The number of rotatable bonds is 3. The molecule has 0 spiro atoms. The molecule has 1 aliphatic carbocycles. The predicted octanol–water partition coefficient (Wildman–Crippen LogP) is 1.47. The lowest BCUT2D eigenvalue weighted by molar-refractivity contribution is -0.135. The van der Waals surface area contributed by atoms with Gasteiger partial charge in [0.2, 0.25) is 11.8 Å². The van der Waals surface area contributed by atoms with Crippen LogP contribution >= 0.6 is 0 Å². The molecule has 2 amide bonds. The third kappa shape index (κ3) is 2.72. The van der Waals surface area contributed by atoms with E-state index in [-0.39, 0.29) is 29.7 Å². The summed E-state index contributed by atoms with van der Waals surface area (Å²) in [5.41, 5.74) is 1.02. The first-order valence-electron chi connectivity index (χ1n) is 6.97. The lowest BCUT2D eigenvalue weighted by Crippen LogP contribution is -2.55. The van der Waals surface area contributed by atoms with Crippen LogP contribution < -0.4 is 10.6 Å². The maximum atomic E-state index is 13.1. The number of imide groups is 1. The van der Waals surface area contributed by atoms with E-state index >= 15 is 0 Å². The molecular formula is C15H17FN2O2. The Morgan fingerprint density at radius 2 is 2.05 bits per heavy atom. The Labute approximate surface area is 116 Å². The number of hydrogen-bond acceptors (Lipinski definition) is 3. The van der Waals surface area contributed by atoms with E-state index in [1.54, 1.807) is 12.1 Å². The van der Waals surface area contributed by atoms with Gasteiger partial charge in [0.25, 0.3) is 0 Å². The van der Waals surface area contributed by atoms with Gasteiger partial charge >= 0.3 is 0 Å². The van der Waals surface area contributed by atoms with Gasteiger partial charge in [-0.2, -0.15) is 0 Å². The maximum Gasteiger partial charge on any atom is 0.243 e. The van der Waals surface area contributed by atoms with Crippen molar-refractivity contribution in [2.75, 3.05) is 0 Å². The van der Waals surface area contributed by atoms with Crippen LogP contribution in [0.15, 0.2) is 24.3 Å². The van der Waals surface area contributed by atoms with Gasteiger partial charge in [0, 0.05) is 12.5 Å². The molecule has 1 atom stereocenters. The molecule has 1 heterocycles. The molecule has 1 unspecified atom stereocenters. The Balaban J connectivity index is 1.51. The number of carbonyl (C=O) groups excluding carboxylic acids is 2. The monoisotopic (exact) mass is 276 g/mol. The second kappa shape index (κ2) is 5.32. The summed E-state index contributed by atoms with van der Waals surface area (Å²) in [5.74, 6) is -0.268. The van der Waals surface area contributed by atoms with Gasteiger partial charge in [-0.25, -0.2) is 4.39 Å². The van der Waals surface area contributed by atoms with Crippen LogP contribution in [0.2, 0.25) is 0 Å². The van der Waals surface area contributed by atoms with Gasteiger partial charge in [-0.15, -0.1) is 0 Å². The lowest BCUT2D eigenvalue weighted by Gasteiger charge is -2.39. The van der Waals surface area contributed by atoms with Gasteiger partial charge in [0.05, 0.1) is 6.04 Å². The highest BCUT2D eigenvalue weighted by Gasteiger charge is 2.35. The predicted molar refractivity (Wildman–Crippen MR) is 71.5 cm³/mol. The first-order valence-corrected chi connectivity index (χ1v) is 6.97. The Morgan fingerprint density at radius 1 is 1.25 bits per heavy atom. The molecule has 1 aliphatic heterocycles. The molecule has 1 saturated carbocycles. The van der Waals surface area contributed by atoms with Crippen molar-refractivity contribution in [2.24, 2.45) is 0 Å². The van der Waals surface area contributed by atoms with Crippen LogP contribution in [0, 0.1) is 5.82 Å². The molecule has 1 saturated heterocycles. The van der Waals surface area contributed by atoms with Crippen molar-refractivity contribution in [1.82, 2.24) is 10.6 Å². The molecule has 2 N–H and O–H groups in total. The van der Waals surface area contributed by atoms with Crippen molar-refractivity contribution >= 4 is 11.8 Å². The van der Waals surface area contributed by atoms with Crippen LogP contribution in [-0.4, -0.2) is 23.9 Å². The molecule has 2 fully saturated rings. The molecule has 0 radical (unpaired) electrons. The first-order chi connectivity index (χ1) is 9.61. The molecular weight excluding hydrogens is 259 g/mol. The summed E-state index contributed by atoms with van der Waals surface area (Å²) in [6.07, 6.45) is 2.76. The van der Waals surface area contributed by atoms with E-state index in [4.69, 9.17) is 0 Å². The maximum absolute atomic E-state index is 13.1. The molecule has 1 aromatic rings. The summed E-state index contributed by atoms with van der Waals surface area (Å²) in [5, 5.41) is 5.63. The van der Waals surface area contributed by atoms with Crippen molar-refractivity contribution in [3.63, 3.8) is 0 Å². The lowest BCUT2D eigenvalue weighted by atomic mass is 9.75. The van der Waals surface area contributed by atoms with E-state index in [1.165, 1.54) is 6.07 Å². The smallest absolute Gasteiger partial charge is 0.243 e. The minimum absolute atomic E-state index is 0.195. The van der Waals surface area contributed by atoms with Crippen LogP contribution in [-0.2, 0) is 9.59 Å². The summed E-state index contributed by atoms with van der Waals surface area (Å²) < 4.78 is 13.1. The van der Waals surface area contributed by atoms with Gasteiger partial charge in [0.1, 0.15) is 5.82 Å². The Bertz CT molecular complexity index is 540. The molecule has 5 heteroatoms. The highest BCUT2D eigenvalue weighted by Crippen LogP contribution is 2.37. The molecule has 4 nitrogen and oxygen atoms in total. The van der Waals surface area contributed by atoms with Crippen LogP contribution in [0.5, 0.6) is 0 Å². The summed E-state index contributed by atoms with van der Waals surface area (Å²) in [6.45, 7) is 0. The van der Waals surface area contributed by atoms with E-state index in [0.717, 1.165) is 18.4 Å². The Hall–Kier alpha value is -1.75. The fourth-order valence-corrected chi connectivity index (χ4v) is 2.92. The second-order valence-corrected chi connectivity index (χ2v) is 5.59. The molecule has 106 valence electrons. The van der Waals surface area contributed by atoms with Gasteiger partial charge < -0.3 is 5.32 Å². The average molecular weight is 276 g/mol.